The van der Waals surface area contributed by atoms with E-state index < -0.39 is 0 Å². The number of hydrogen-bond donors (Lipinski definition) is 0. The third kappa shape index (κ3) is 4.48. The maximum atomic E-state index is 6.38. The first-order valence-electron chi connectivity index (χ1n) is 14.9. The lowest BCUT2D eigenvalue weighted by Gasteiger charge is -2.10. The molecule has 4 nitrogen and oxygen atoms in total. The van der Waals surface area contributed by atoms with Crippen molar-refractivity contribution in [3.63, 3.8) is 0 Å². The summed E-state index contributed by atoms with van der Waals surface area (Å²) in [7, 11) is 0. The number of benzene rings is 6. The molecule has 8 aromatic rings. The van der Waals surface area contributed by atoms with Gasteiger partial charge in [-0.1, -0.05) is 121 Å². The number of aromatic nitrogens is 1. The van der Waals surface area contributed by atoms with Crippen LogP contribution in [0.15, 0.2) is 160 Å². The van der Waals surface area contributed by atoms with E-state index in [-0.39, 0.29) is 0 Å². The number of nitrogens with zero attached hydrogens (tertiary/aromatic N) is 3. The van der Waals surface area contributed by atoms with Gasteiger partial charge < -0.3 is 4.42 Å². The molecular weight excluding hydrogens is 538 g/mol. The van der Waals surface area contributed by atoms with Gasteiger partial charge in [-0.25, -0.2) is 4.99 Å². The highest BCUT2D eigenvalue weighted by molar-refractivity contribution is 6.17. The molecule has 8 rings (SSSR count). The fraction of sp³-hybridized carbons (Fsp3) is 0.0500. The molecule has 0 fully saturated rings. The largest absolute Gasteiger partial charge is 0.455 e. The molecule has 0 aliphatic carbocycles. The van der Waals surface area contributed by atoms with Crippen LogP contribution in [0.1, 0.15) is 18.1 Å². The number of hydrogen-bond acceptors (Lipinski definition) is 2. The number of furan rings is 1. The zero-order chi connectivity index (χ0) is 29.5. The Balaban J connectivity index is 1.28. The highest BCUT2D eigenvalue weighted by Gasteiger charge is 2.17. The van der Waals surface area contributed by atoms with E-state index in [2.05, 4.69) is 109 Å². The zero-order valence-corrected chi connectivity index (χ0v) is 24.3. The highest BCUT2D eigenvalue weighted by atomic mass is 16.3. The van der Waals surface area contributed by atoms with Crippen molar-refractivity contribution in [1.29, 1.82) is 0 Å². The SMILES string of the molecule is CC(=NC(=NCc1ccccc1)c1ccccc1)n1c2ccccc2c2cc(-c3cccc4c3oc3ccccc34)ccc21. The summed E-state index contributed by atoms with van der Waals surface area (Å²) < 4.78 is 8.63. The molecule has 0 saturated heterocycles. The summed E-state index contributed by atoms with van der Waals surface area (Å²) in [5.41, 5.74) is 8.37. The lowest BCUT2D eigenvalue weighted by Crippen LogP contribution is -2.11. The second kappa shape index (κ2) is 10.8. The third-order valence-electron chi connectivity index (χ3n) is 8.27. The van der Waals surface area contributed by atoms with Gasteiger partial charge in [0.25, 0.3) is 0 Å². The Morgan fingerprint density at radius 3 is 2.14 bits per heavy atom. The third-order valence-corrected chi connectivity index (χ3v) is 8.27. The van der Waals surface area contributed by atoms with Crippen LogP contribution in [0.25, 0.3) is 54.9 Å². The second-order valence-electron chi connectivity index (χ2n) is 11.0. The molecule has 44 heavy (non-hydrogen) atoms. The second-order valence-corrected chi connectivity index (χ2v) is 11.0. The van der Waals surface area contributed by atoms with Crippen LogP contribution < -0.4 is 0 Å². The van der Waals surface area contributed by atoms with E-state index in [0.717, 1.165) is 61.1 Å². The standard InChI is InChI=1S/C40H29N3O/c1-27(42-40(29-15-6-3-7-16-29)41-26-28-13-4-2-5-14-28)43-36-21-10-8-17-32(36)35-25-30(23-24-37(35)43)31-19-12-20-34-33-18-9-11-22-38(33)44-39(31)34/h2-25H,26H2,1H3. The molecule has 0 radical (unpaired) electrons. The van der Waals surface area contributed by atoms with Gasteiger partial charge in [-0.3, -0.25) is 9.56 Å². The molecule has 0 saturated carbocycles. The van der Waals surface area contributed by atoms with Gasteiger partial charge in [0.15, 0.2) is 5.84 Å². The fourth-order valence-corrected chi connectivity index (χ4v) is 6.19. The molecular formula is C40H29N3O. The molecule has 4 heteroatoms. The summed E-state index contributed by atoms with van der Waals surface area (Å²) in [6, 6.07) is 50.4. The zero-order valence-electron chi connectivity index (χ0n) is 24.3. The monoisotopic (exact) mass is 567 g/mol. The highest BCUT2D eigenvalue weighted by Crippen LogP contribution is 2.38. The summed E-state index contributed by atoms with van der Waals surface area (Å²) in [4.78, 5) is 10.1. The maximum Gasteiger partial charge on any atom is 0.156 e. The number of fused-ring (bicyclic) bond motifs is 6. The van der Waals surface area contributed by atoms with Gasteiger partial charge in [0.05, 0.1) is 17.6 Å². The first-order valence-corrected chi connectivity index (χ1v) is 14.9. The smallest absolute Gasteiger partial charge is 0.156 e. The summed E-state index contributed by atoms with van der Waals surface area (Å²) in [6.07, 6.45) is 0. The van der Waals surface area contributed by atoms with Crippen LogP contribution in [-0.4, -0.2) is 16.2 Å². The Bertz CT molecular complexity index is 2360. The Labute approximate surface area is 255 Å². The topological polar surface area (TPSA) is 42.8 Å². The first-order chi connectivity index (χ1) is 21.7. The average Bonchev–Trinajstić information content (AvgIpc) is 3.63. The van der Waals surface area contributed by atoms with Crippen molar-refractivity contribution in [2.24, 2.45) is 9.98 Å². The van der Waals surface area contributed by atoms with Crippen molar-refractivity contribution < 1.29 is 4.42 Å². The van der Waals surface area contributed by atoms with Crippen LogP contribution in [0, 0.1) is 0 Å². The van der Waals surface area contributed by atoms with Crippen molar-refractivity contribution in [3.05, 3.63) is 157 Å². The van der Waals surface area contributed by atoms with Crippen molar-refractivity contribution >= 4 is 55.4 Å². The van der Waals surface area contributed by atoms with Crippen LogP contribution in [0.3, 0.4) is 0 Å². The van der Waals surface area contributed by atoms with Gasteiger partial charge in [-0.2, -0.15) is 0 Å². The molecule has 0 N–H and O–H groups in total. The molecule has 0 bridgehead atoms. The fourth-order valence-electron chi connectivity index (χ4n) is 6.19. The van der Waals surface area contributed by atoms with Crippen LogP contribution in [0.2, 0.25) is 0 Å². The number of rotatable bonds is 4. The Morgan fingerprint density at radius 2 is 1.30 bits per heavy atom. The molecule has 210 valence electrons. The van der Waals surface area contributed by atoms with Crippen LogP contribution >= 0.6 is 0 Å². The average molecular weight is 568 g/mol. The minimum absolute atomic E-state index is 0.561. The van der Waals surface area contributed by atoms with Gasteiger partial charge in [-0.05, 0) is 42.3 Å². The van der Waals surface area contributed by atoms with Crippen molar-refractivity contribution in [2.75, 3.05) is 0 Å². The van der Waals surface area contributed by atoms with Crippen molar-refractivity contribution in [3.8, 4) is 11.1 Å². The van der Waals surface area contributed by atoms with E-state index >= 15 is 0 Å². The van der Waals surface area contributed by atoms with Crippen molar-refractivity contribution in [2.45, 2.75) is 13.5 Å². The molecule has 0 aliphatic rings. The lowest BCUT2D eigenvalue weighted by molar-refractivity contribution is 0.670. The van der Waals surface area contributed by atoms with Gasteiger partial charge >= 0.3 is 0 Å². The van der Waals surface area contributed by atoms with Gasteiger partial charge in [-0.15, -0.1) is 0 Å². The van der Waals surface area contributed by atoms with Crippen molar-refractivity contribution in [1.82, 2.24) is 4.57 Å². The maximum absolute atomic E-state index is 6.38. The van der Waals surface area contributed by atoms with E-state index in [1.54, 1.807) is 0 Å². The molecule has 2 heterocycles. The molecule has 2 aromatic heterocycles. The van der Waals surface area contributed by atoms with Crippen LogP contribution in [-0.2, 0) is 6.54 Å². The van der Waals surface area contributed by atoms with Crippen LogP contribution in [0.4, 0.5) is 0 Å². The first kappa shape index (κ1) is 25.9. The van der Waals surface area contributed by atoms with E-state index in [1.807, 2.05) is 48.5 Å². The summed E-state index contributed by atoms with van der Waals surface area (Å²) in [5.74, 6) is 1.57. The van der Waals surface area contributed by atoms with Gasteiger partial charge in [0.2, 0.25) is 0 Å². The van der Waals surface area contributed by atoms with E-state index in [1.165, 1.54) is 10.8 Å². The van der Waals surface area contributed by atoms with E-state index in [9.17, 15) is 0 Å². The molecule has 0 unspecified atom stereocenters. The Hall–Kier alpha value is -5.74. The Morgan fingerprint density at radius 1 is 0.614 bits per heavy atom. The molecule has 6 aromatic carbocycles. The summed E-state index contributed by atoms with van der Waals surface area (Å²) in [5, 5.41) is 4.62. The number of amidine groups is 1. The van der Waals surface area contributed by atoms with Gasteiger partial charge in [0.1, 0.15) is 17.0 Å². The predicted molar refractivity (Wildman–Crippen MR) is 184 cm³/mol. The minimum Gasteiger partial charge on any atom is -0.455 e. The quantitative estimate of drug-likeness (QED) is 0.154. The Kier molecular flexibility index (Phi) is 6.38. The molecule has 0 amide bonds. The lowest BCUT2D eigenvalue weighted by atomic mass is 10.0. The normalized spacial score (nSPS) is 12.6. The molecule has 0 atom stereocenters. The van der Waals surface area contributed by atoms with E-state index in [0.29, 0.717) is 12.4 Å². The predicted octanol–water partition coefficient (Wildman–Crippen LogP) is 10.3. The summed E-state index contributed by atoms with van der Waals surface area (Å²) in [6.45, 7) is 2.63. The number of para-hydroxylation sites is 3. The van der Waals surface area contributed by atoms with Gasteiger partial charge in [0, 0.05) is 32.7 Å². The minimum atomic E-state index is 0.561. The molecule has 0 aliphatic heterocycles. The summed E-state index contributed by atoms with van der Waals surface area (Å²) >= 11 is 0. The van der Waals surface area contributed by atoms with Crippen LogP contribution in [0.5, 0.6) is 0 Å². The van der Waals surface area contributed by atoms with E-state index in [4.69, 9.17) is 14.4 Å². The molecule has 0 spiro atoms. The number of aliphatic imine (C=N–C) groups is 2.